The number of amides is 1. The summed E-state index contributed by atoms with van der Waals surface area (Å²) in [7, 11) is 0. The summed E-state index contributed by atoms with van der Waals surface area (Å²) < 4.78 is 10.3. The van der Waals surface area contributed by atoms with Crippen molar-refractivity contribution < 1.29 is 29.0 Å². The van der Waals surface area contributed by atoms with E-state index in [1.807, 2.05) is 66.7 Å². The Hall–Kier alpha value is -5.44. The van der Waals surface area contributed by atoms with Crippen molar-refractivity contribution in [2.24, 2.45) is 0 Å². The van der Waals surface area contributed by atoms with Crippen LogP contribution in [0.3, 0.4) is 0 Å². The molecule has 3 aromatic carbocycles. The molecule has 280 valence electrons. The van der Waals surface area contributed by atoms with Crippen LogP contribution in [0.25, 0.3) is 46.1 Å². The van der Waals surface area contributed by atoms with Crippen molar-refractivity contribution >= 4 is 30.0 Å². The predicted octanol–water partition coefficient (Wildman–Crippen LogP) is 9.89. The average molecular weight is 720 g/mol. The van der Waals surface area contributed by atoms with Crippen LogP contribution in [0.4, 0.5) is 0 Å². The number of rotatable bonds is 22. The summed E-state index contributed by atoms with van der Waals surface area (Å²) in [5.74, 6) is -0.447. The Balaban J connectivity index is 1.42. The minimum Gasteiger partial charge on any atom is -0.482 e. The first-order valence-corrected chi connectivity index (χ1v) is 18.8. The summed E-state index contributed by atoms with van der Waals surface area (Å²) in [6, 6.07) is 22.8. The minimum absolute atomic E-state index is 0.101. The second kappa shape index (κ2) is 21.8. The smallest absolute Gasteiger partial charge is 0.341 e. The van der Waals surface area contributed by atoms with Crippen molar-refractivity contribution in [3.63, 3.8) is 0 Å². The van der Waals surface area contributed by atoms with E-state index < -0.39 is 18.5 Å². The van der Waals surface area contributed by atoms with Gasteiger partial charge in [-0.25, -0.2) is 14.6 Å². The Morgan fingerprint density at radius 1 is 0.755 bits per heavy atom. The fourth-order valence-corrected chi connectivity index (χ4v) is 5.95. The number of nitrogens with zero attached hydrogens (tertiary/aromatic N) is 1. The molecule has 4 rings (SSSR count). The number of unbranched alkanes of at least 4 members (excludes halogenated alkanes) is 8. The number of H-pyrrole nitrogens is 1. The fraction of sp³-hybridized carbons (Fsp3) is 0.364. The molecule has 0 saturated heterocycles. The molecule has 1 unspecified atom stereocenters. The van der Waals surface area contributed by atoms with E-state index in [2.05, 4.69) is 24.1 Å². The SMILES string of the molecule is CCCCCCCCCCCC(C)NC(=O)C=Cc1ccc(-c2[nH]c(-c3ccc(C=CC(=O)OCC)cc3)nc2-c2ccc(OCC(=O)O)cc2)cc1. The number of carboxylic acid groups (broad SMARTS) is 1. The van der Waals surface area contributed by atoms with Gasteiger partial charge >= 0.3 is 11.9 Å². The highest BCUT2D eigenvalue weighted by molar-refractivity contribution is 5.92. The topological polar surface area (TPSA) is 131 Å². The van der Waals surface area contributed by atoms with Crippen LogP contribution in [0.15, 0.2) is 84.9 Å². The van der Waals surface area contributed by atoms with Gasteiger partial charge in [-0.15, -0.1) is 0 Å². The summed E-state index contributed by atoms with van der Waals surface area (Å²) in [5, 5.41) is 12.1. The molecule has 1 amide bonds. The van der Waals surface area contributed by atoms with Gasteiger partial charge in [0, 0.05) is 34.9 Å². The van der Waals surface area contributed by atoms with E-state index >= 15 is 0 Å². The van der Waals surface area contributed by atoms with Crippen LogP contribution in [0.1, 0.15) is 96.1 Å². The molecular formula is C44H53N3O6. The molecule has 9 heteroatoms. The van der Waals surface area contributed by atoms with Crippen molar-refractivity contribution in [1.82, 2.24) is 15.3 Å². The molecule has 3 N–H and O–H groups in total. The number of carboxylic acids is 1. The molecule has 53 heavy (non-hydrogen) atoms. The Morgan fingerprint density at radius 3 is 1.92 bits per heavy atom. The minimum atomic E-state index is -1.05. The highest BCUT2D eigenvalue weighted by atomic mass is 16.5. The molecule has 1 aromatic heterocycles. The third-order valence-electron chi connectivity index (χ3n) is 8.83. The Labute approximate surface area is 313 Å². The second-order valence-corrected chi connectivity index (χ2v) is 13.2. The van der Waals surface area contributed by atoms with Crippen LogP contribution in [0, 0.1) is 0 Å². The van der Waals surface area contributed by atoms with E-state index in [0.717, 1.165) is 46.4 Å². The lowest BCUT2D eigenvalue weighted by molar-refractivity contribution is -0.139. The number of benzene rings is 3. The maximum atomic E-state index is 12.7. The summed E-state index contributed by atoms with van der Waals surface area (Å²) >= 11 is 0. The maximum absolute atomic E-state index is 12.7. The number of carbonyl (C=O) groups is 3. The van der Waals surface area contributed by atoms with Gasteiger partial charge in [0.1, 0.15) is 11.6 Å². The number of ether oxygens (including phenoxy) is 2. The Morgan fingerprint density at radius 2 is 1.32 bits per heavy atom. The largest absolute Gasteiger partial charge is 0.482 e. The number of carbonyl (C=O) groups excluding carboxylic acids is 2. The highest BCUT2D eigenvalue weighted by Gasteiger charge is 2.16. The molecule has 0 aliphatic carbocycles. The average Bonchev–Trinajstić information content (AvgIpc) is 3.61. The first-order chi connectivity index (χ1) is 25.7. The fourth-order valence-electron chi connectivity index (χ4n) is 5.95. The van der Waals surface area contributed by atoms with Crippen molar-refractivity contribution in [2.45, 2.75) is 91.0 Å². The van der Waals surface area contributed by atoms with E-state index in [4.69, 9.17) is 19.6 Å². The summed E-state index contributed by atoms with van der Waals surface area (Å²) in [5.41, 5.74) is 5.81. The number of nitrogens with one attached hydrogen (secondary N) is 2. The van der Waals surface area contributed by atoms with Crippen LogP contribution >= 0.6 is 0 Å². The molecule has 0 fully saturated rings. The maximum Gasteiger partial charge on any atom is 0.341 e. The van der Waals surface area contributed by atoms with Crippen LogP contribution < -0.4 is 10.1 Å². The van der Waals surface area contributed by atoms with Gasteiger partial charge in [0.05, 0.1) is 18.0 Å². The number of hydrogen-bond acceptors (Lipinski definition) is 6. The van der Waals surface area contributed by atoms with Gasteiger partial charge in [-0.2, -0.15) is 0 Å². The third kappa shape index (κ3) is 13.9. The van der Waals surface area contributed by atoms with Gasteiger partial charge in [-0.1, -0.05) is 113 Å². The Kier molecular flexibility index (Phi) is 16.6. The lowest BCUT2D eigenvalue weighted by atomic mass is 10.0. The van der Waals surface area contributed by atoms with Gasteiger partial charge in [-0.3, -0.25) is 4.79 Å². The molecule has 0 aliphatic heterocycles. The van der Waals surface area contributed by atoms with E-state index in [9.17, 15) is 14.4 Å². The Bertz CT molecular complexity index is 1790. The lowest BCUT2D eigenvalue weighted by Crippen LogP contribution is -2.30. The number of aromatic amines is 1. The van der Waals surface area contributed by atoms with Gasteiger partial charge in [0.25, 0.3) is 0 Å². The van der Waals surface area contributed by atoms with E-state index in [0.29, 0.717) is 23.9 Å². The molecule has 0 radical (unpaired) electrons. The summed E-state index contributed by atoms with van der Waals surface area (Å²) in [4.78, 5) is 43.8. The van der Waals surface area contributed by atoms with Gasteiger partial charge < -0.3 is 24.9 Å². The number of imidazole rings is 1. The number of aromatic nitrogens is 2. The summed E-state index contributed by atoms with van der Waals surface area (Å²) in [6.07, 6.45) is 19.1. The van der Waals surface area contributed by atoms with Crippen molar-refractivity contribution in [3.05, 3.63) is 96.1 Å². The third-order valence-corrected chi connectivity index (χ3v) is 8.83. The molecule has 0 bridgehead atoms. The molecule has 4 aromatic rings. The molecule has 0 saturated carbocycles. The van der Waals surface area contributed by atoms with Gasteiger partial charge in [0.2, 0.25) is 5.91 Å². The van der Waals surface area contributed by atoms with Crippen LogP contribution in [0.5, 0.6) is 5.75 Å². The molecular weight excluding hydrogens is 666 g/mol. The van der Waals surface area contributed by atoms with E-state index in [1.165, 1.54) is 57.4 Å². The molecule has 1 atom stereocenters. The standard InChI is InChI=1S/C44H53N3O6/c1-4-6-7-8-9-10-11-12-13-14-32(3)45-39(48)29-19-33-15-21-35(22-16-33)42-43(36-25-27-38(28-26-36)53-31-40(49)50)47-44(46-42)37-23-17-34(18-24-37)20-30-41(51)52-5-2/h15-30,32H,4-14,31H2,1-3H3,(H,45,48)(H,46,47)(H,49,50). The summed E-state index contributed by atoms with van der Waals surface area (Å²) in [6.45, 7) is 5.97. The normalized spacial score (nSPS) is 11.9. The zero-order valence-corrected chi connectivity index (χ0v) is 31.2. The first kappa shape index (κ1) is 40.3. The van der Waals surface area contributed by atoms with Crippen LogP contribution in [-0.2, 0) is 19.1 Å². The van der Waals surface area contributed by atoms with Crippen LogP contribution in [-0.4, -0.2) is 52.2 Å². The van der Waals surface area contributed by atoms with Crippen molar-refractivity contribution in [1.29, 1.82) is 0 Å². The van der Waals surface area contributed by atoms with Gasteiger partial charge in [0.15, 0.2) is 6.61 Å². The molecule has 0 aliphatic rings. The lowest BCUT2D eigenvalue weighted by Gasteiger charge is -2.12. The van der Waals surface area contributed by atoms with E-state index in [1.54, 1.807) is 31.2 Å². The monoisotopic (exact) mass is 719 g/mol. The van der Waals surface area contributed by atoms with Crippen molar-refractivity contribution in [2.75, 3.05) is 13.2 Å². The second-order valence-electron chi connectivity index (χ2n) is 13.2. The predicted molar refractivity (Wildman–Crippen MR) is 212 cm³/mol. The highest BCUT2D eigenvalue weighted by Crippen LogP contribution is 2.34. The van der Waals surface area contributed by atoms with E-state index in [-0.39, 0.29) is 11.9 Å². The number of aliphatic carboxylic acids is 1. The first-order valence-electron chi connectivity index (χ1n) is 18.8. The van der Waals surface area contributed by atoms with Crippen LogP contribution in [0.2, 0.25) is 0 Å². The quantitative estimate of drug-likeness (QED) is 0.0419. The zero-order valence-electron chi connectivity index (χ0n) is 31.2. The number of hydrogen-bond donors (Lipinski definition) is 3. The zero-order chi connectivity index (χ0) is 37.8. The van der Waals surface area contributed by atoms with Crippen molar-refractivity contribution in [3.8, 4) is 39.7 Å². The number of esters is 1. The molecule has 9 nitrogen and oxygen atoms in total. The van der Waals surface area contributed by atoms with Gasteiger partial charge in [-0.05, 0) is 67.8 Å². The molecule has 0 spiro atoms. The molecule has 1 heterocycles.